The summed E-state index contributed by atoms with van der Waals surface area (Å²) in [6, 6.07) is -3.13. The number of amidine groups is 1. The molecule has 2 saturated heterocycles. The number of esters is 4. The summed E-state index contributed by atoms with van der Waals surface area (Å²) in [6.45, 7) is 20.7. The summed E-state index contributed by atoms with van der Waals surface area (Å²) in [5, 5.41) is 10.7. The SMILES string of the molecule is C#CCOCCOCCOCCOCCC(=O)N(CCCCCC(=O)O[C@@H]([C@@H]1OC(C(=O)OC)=C[C@H](NC(=C)NC(=O)OC(C)(C)C)[C@H]1NC(C)=O)[C@H]1COC(=O)O1)CCOCCOCCCC(=O)O[C@@H]([C@@H]1OC(C(=O)OC)=C[C@H](N=C(C)NC(=O)OC(C)(C)C)[C@H]1C)[C@H]1COC(=O)O1. The molecule has 4 heterocycles. The van der Waals surface area contributed by atoms with Gasteiger partial charge in [0.05, 0.1) is 105 Å². The Balaban J connectivity index is 1.34. The molecule has 0 unspecified atom stereocenters. The first-order valence-electron chi connectivity index (χ1n) is 32.4. The van der Waals surface area contributed by atoms with Gasteiger partial charge in [-0.1, -0.05) is 25.8 Å². The number of hydrogen-bond donors (Lipinski definition) is 4. The third-order valence-electron chi connectivity index (χ3n) is 14.2. The molecule has 0 bridgehead atoms. The van der Waals surface area contributed by atoms with Crippen molar-refractivity contribution in [3.05, 3.63) is 36.1 Å². The maximum absolute atomic E-state index is 13.8. The molecule has 2 fully saturated rings. The van der Waals surface area contributed by atoms with E-state index in [-0.39, 0.29) is 134 Å². The Bertz CT molecular complexity index is 2830. The third-order valence-corrected chi connectivity index (χ3v) is 14.2. The van der Waals surface area contributed by atoms with Gasteiger partial charge in [0.1, 0.15) is 48.8 Å². The summed E-state index contributed by atoms with van der Waals surface area (Å²) in [7, 11) is 2.25. The van der Waals surface area contributed by atoms with E-state index in [2.05, 4.69) is 38.8 Å². The fourth-order valence-corrected chi connectivity index (χ4v) is 9.83. The van der Waals surface area contributed by atoms with Crippen molar-refractivity contribution in [2.75, 3.05) is 120 Å². The fraction of sp³-hybridized carbons (Fsp3) is 0.708. The van der Waals surface area contributed by atoms with Gasteiger partial charge in [0, 0.05) is 45.4 Å². The number of alkyl carbamates (subject to hydrolysis) is 2. The van der Waals surface area contributed by atoms with E-state index < -0.39 is 133 Å². The predicted octanol–water partition coefficient (Wildman–Crippen LogP) is 3.49. The lowest BCUT2D eigenvalue weighted by molar-refractivity contribution is -0.172. The molecule has 4 aliphatic heterocycles. The Kier molecular flexibility index (Phi) is 36.1. The van der Waals surface area contributed by atoms with Crippen LogP contribution in [-0.2, 0) is 114 Å². The summed E-state index contributed by atoms with van der Waals surface area (Å²) in [4.78, 5) is 135. The molecule has 99 heavy (non-hydrogen) atoms. The van der Waals surface area contributed by atoms with Crippen molar-refractivity contribution >= 4 is 66.0 Å². The van der Waals surface area contributed by atoms with Crippen LogP contribution in [0.15, 0.2) is 41.1 Å². The van der Waals surface area contributed by atoms with Gasteiger partial charge in [-0.2, -0.15) is 0 Å². The number of aliphatic imine (C=N–C) groups is 1. The number of rotatable bonds is 42. The van der Waals surface area contributed by atoms with Crippen molar-refractivity contribution in [2.24, 2.45) is 10.9 Å². The third kappa shape index (κ3) is 31.9. The van der Waals surface area contributed by atoms with Gasteiger partial charge in [-0.15, -0.1) is 6.42 Å². The van der Waals surface area contributed by atoms with E-state index in [0.29, 0.717) is 39.3 Å². The molecule has 0 aromatic carbocycles. The van der Waals surface area contributed by atoms with Gasteiger partial charge >= 0.3 is 48.4 Å². The number of cyclic esters (lactones) is 4. The lowest BCUT2D eigenvalue weighted by Gasteiger charge is -2.41. The molecule has 4 aliphatic rings. The van der Waals surface area contributed by atoms with Crippen LogP contribution in [-0.4, -0.2) is 257 Å². The van der Waals surface area contributed by atoms with Gasteiger partial charge in [0.15, 0.2) is 30.5 Å². The van der Waals surface area contributed by atoms with Gasteiger partial charge in [-0.3, -0.25) is 34.8 Å². The standard InChI is InChI=1S/C65H98N6O28/c1-14-24-84-28-32-88-34-35-89-33-30-86-26-21-50(73)71(22-17-15-16-19-51(74)97-56(49-39-91-63(81)95-49)57-53(70-43(5)72)45(37-47(93-57)59(77)83-13)67-42(4)69-61(79)99-65(9,10)11)23-27-87-31-29-85-25-18-20-52(75)96-55(48-38-90-62(80)94-48)54-40(2)44(36-46(92-54)58(76)82-12)66-41(3)68-60(78)98-64(6,7)8/h1,36-37,40,44-45,48-49,53-57,67H,4,15-35,38-39H2,2-3,5-13H3,(H,69,79)(H,70,72)(H,66,68,78)/t40-,44+,45+,48-,49-,53-,54-,55-,56-,57-/m1/s1. The Morgan fingerprint density at radius 2 is 1.11 bits per heavy atom. The van der Waals surface area contributed by atoms with Gasteiger partial charge in [0.2, 0.25) is 23.3 Å². The van der Waals surface area contributed by atoms with Crippen LogP contribution < -0.4 is 21.3 Å². The average molecular weight is 1410 g/mol. The molecular formula is C65H98N6O28. The highest BCUT2D eigenvalue weighted by Gasteiger charge is 2.51. The lowest BCUT2D eigenvalue weighted by Crippen LogP contribution is -2.64. The van der Waals surface area contributed by atoms with E-state index in [1.165, 1.54) is 26.0 Å². The summed E-state index contributed by atoms with van der Waals surface area (Å²) in [5.41, 5.74) is -1.66. The second-order valence-corrected chi connectivity index (χ2v) is 24.6. The molecule has 4 N–H and O–H groups in total. The van der Waals surface area contributed by atoms with Crippen LogP contribution in [0.1, 0.15) is 107 Å². The zero-order chi connectivity index (χ0) is 73.1. The minimum absolute atomic E-state index is 0.0261. The van der Waals surface area contributed by atoms with Crippen LogP contribution in [0.5, 0.6) is 0 Å². The molecule has 4 rings (SSSR count). The molecule has 0 spiro atoms. The van der Waals surface area contributed by atoms with Crippen molar-refractivity contribution in [2.45, 2.75) is 173 Å². The van der Waals surface area contributed by atoms with Crippen LogP contribution in [0.25, 0.3) is 0 Å². The van der Waals surface area contributed by atoms with E-state index in [4.69, 9.17) is 91.7 Å². The normalized spacial score (nSPS) is 21.1. The number of carbonyl (C=O) groups excluding carboxylic acids is 10. The van der Waals surface area contributed by atoms with Crippen LogP contribution in [0.3, 0.4) is 0 Å². The molecule has 34 heteroatoms. The molecule has 0 aliphatic carbocycles. The van der Waals surface area contributed by atoms with E-state index in [1.54, 1.807) is 53.4 Å². The molecule has 0 aromatic rings. The second-order valence-electron chi connectivity index (χ2n) is 24.6. The first-order valence-corrected chi connectivity index (χ1v) is 32.4. The highest BCUT2D eigenvalue weighted by Crippen LogP contribution is 2.34. The molecule has 0 radical (unpaired) electrons. The molecular weight excluding hydrogens is 1310 g/mol. The van der Waals surface area contributed by atoms with Crippen LogP contribution >= 0.6 is 0 Å². The number of amides is 4. The van der Waals surface area contributed by atoms with Crippen molar-refractivity contribution in [1.82, 2.24) is 26.2 Å². The summed E-state index contributed by atoms with van der Waals surface area (Å²) in [5.74, 6) is -3.00. The quantitative estimate of drug-likeness (QED) is 0.0170. The molecule has 34 nitrogen and oxygen atoms in total. The maximum atomic E-state index is 13.8. The molecule has 0 aromatic heterocycles. The predicted molar refractivity (Wildman–Crippen MR) is 343 cm³/mol. The number of ether oxygens (including phenoxy) is 18. The minimum atomic E-state index is -1.51. The van der Waals surface area contributed by atoms with Crippen LogP contribution in [0, 0.1) is 18.3 Å². The largest absolute Gasteiger partial charge is 0.508 e. The number of nitrogens with one attached hydrogen (secondary N) is 4. The number of terminal acetylenes is 1. The van der Waals surface area contributed by atoms with Crippen molar-refractivity contribution in [3.63, 3.8) is 0 Å². The minimum Gasteiger partial charge on any atom is -0.479 e. The average Bonchev–Trinajstić information content (AvgIpc) is 1.69. The zero-order valence-corrected chi connectivity index (χ0v) is 58.3. The van der Waals surface area contributed by atoms with E-state index in [0.717, 1.165) is 14.2 Å². The van der Waals surface area contributed by atoms with Crippen molar-refractivity contribution in [1.29, 1.82) is 0 Å². The summed E-state index contributed by atoms with van der Waals surface area (Å²) >= 11 is 0. The highest BCUT2D eigenvalue weighted by atomic mass is 16.8. The van der Waals surface area contributed by atoms with E-state index in [9.17, 15) is 47.9 Å². The summed E-state index contributed by atoms with van der Waals surface area (Å²) in [6.07, 6.45) is -2.66. The number of hydrogen-bond acceptors (Lipinski definition) is 30. The fourth-order valence-electron chi connectivity index (χ4n) is 9.83. The number of methoxy groups -OCH3 is 2. The van der Waals surface area contributed by atoms with Crippen LogP contribution in [0.4, 0.5) is 19.2 Å². The monoisotopic (exact) mass is 1410 g/mol. The van der Waals surface area contributed by atoms with Crippen molar-refractivity contribution in [3.8, 4) is 12.3 Å². The first-order chi connectivity index (χ1) is 47.0. The Morgan fingerprint density at radius 3 is 1.64 bits per heavy atom. The topological polar surface area (TPSA) is 401 Å². The maximum Gasteiger partial charge on any atom is 0.508 e. The molecule has 4 amide bonds. The second kappa shape index (κ2) is 43.1. The van der Waals surface area contributed by atoms with Gasteiger partial charge in [-0.25, -0.2) is 28.8 Å². The van der Waals surface area contributed by atoms with Gasteiger partial charge < -0.3 is 101 Å². The number of unbranched alkanes of at least 4 members (excludes halogenated alkanes) is 2. The Labute approximate surface area is 576 Å². The zero-order valence-electron chi connectivity index (χ0n) is 58.3. The van der Waals surface area contributed by atoms with Gasteiger partial charge in [-0.05, 0) is 79.9 Å². The lowest BCUT2D eigenvalue weighted by atomic mass is 9.87. The van der Waals surface area contributed by atoms with E-state index in [1.807, 2.05) is 0 Å². The first kappa shape index (κ1) is 82.9. The smallest absolute Gasteiger partial charge is 0.479 e. The van der Waals surface area contributed by atoms with Gasteiger partial charge in [0.25, 0.3) is 0 Å². The Morgan fingerprint density at radius 1 is 0.616 bits per heavy atom. The highest BCUT2D eigenvalue weighted by molar-refractivity contribution is 5.94. The Hall–Kier alpha value is -8.49. The molecule has 556 valence electrons. The van der Waals surface area contributed by atoms with E-state index >= 15 is 0 Å². The van der Waals surface area contributed by atoms with Crippen LogP contribution in [0.2, 0.25) is 0 Å². The number of nitrogens with zero attached hydrogens (tertiary/aromatic N) is 2. The van der Waals surface area contributed by atoms with Crippen molar-refractivity contribution < 1.29 is 133 Å². The molecule has 0 saturated carbocycles. The molecule has 10 atom stereocenters. The summed E-state index contributed by atoms with van der Waals surface area (Å²) < 4.78 is 98.7. The number of carbonyl (C=O) groups is 10.